The minimum Gasteiger partial charge on any atom is -0.330 e. The SMILES string of the molecule is CC(C)(CCN(CCN)C(C)(C)CCN)NCCN(CCN)CCNCCN. The summed E-state index contributed by atoms with van der Waals surface area (Å²) in [6, 6.07) is 0. The Morgan fingerprint density at radius 1 is 0.643 bits per heavy atom. The minimum atomic E-state index is 0.0673. The first-order chi connectivity index (χ1) is 13.2. The number of nitrogens with two attached hydrogens (primary N) is 4. The summed E-state index contributed by atoms with van der Waals surface area (Å²) in [6.45, 7) is 19.4. The average Bonchev–Trinajstić information content (AvgIpc) is 2.61. The molecule has 0 aromatic carbocycles. The third kappa shape index (κ3) is 13.0. The molecule has 0 radical (unpaired) electrons. The van der Waals surface area contributed by atoms with Gasteiger partial charge in [0.25, 0.3) is 0 Å². The molecule has 0 bridgehead atoms. The van der Waals surface area contributed by atoms with Crippen molar-refractivity contribution < 1.29 is 0 Å². The summed E-state index contributed by atoms with van der Waals surface area (Å²) in [5, 5.41) is 7.07. The summed E-state index contributed by atoms with van der Waals surface area (Å²) >= 11 is 0. The van der Waals surface area contributed by atoms with E-state index < -0.39 is 0 Å². The van der Waals surface area contributed by atoms with Crippen molar-refractivity contribution in [2.24, 2.45) is 22.9 Å². The fraction of sp³-hybridized carbons (Fsp3) is 1.00. The highest BCUT2D eigenvalue weighted by molar-refractivity contribution is 4.86. The maximum Gasteiger partial charge on any atom is 0.0165 e. The van der Waals surface area contributed by atoms with E-state index in [2.05, 4.69) is 48.1 Å². The van der Waals surface area contributed by atoms with Gasteiger partial charge in [-0.05, 0) is 47.1 Å². The van der Waals surface area contributed by atoms with Crippen LogP contribution in [-0.4, -0.2) is 99.4 Å². The molecular formula is C20H50N8. The molecule has 8 heteroatoms. The Balaban J connectivity index is 4.40. The van der Waals surface area contributed by atoms with Crippen LogP contribution in [0.1, 0.15) is 40.5 Å². The molecule has 0 saturated heterocycles. The minimum absolute atomic E-state index is 0.0673. The highest BCUT2D eigenvalue weighted by atomic mass is 15.2. The Morgan fingerprint density at radius 3 is 1.86 bits per heavy atom. The monoisotopic (exact) mass is 402 g/mol. The summed E-state index contributed by atoms with van der Waals surface area (Å²) in [6.07, 6.45) is 2.04. The zero-order chi connectivity index (χ0) is 21.5. The molecule has 8 nitrogen and oxygen atoms in total. The predicted molar refractivity (Wildman–Crippen MR) is 122 cm³/mol. The van der Waals surface area contributed by atoms with Gasteiger partial charge in [0.15, 0.2) is 0 Å². The van der Waals surface area contributed by atoms with E-state index in [9.17, 15) is 0 Å². The average molecular weight is 403 g/mol. The smallest absolute Gasteiger partial charge is 0.0165 e. The maximum atomic E-state index is 5.85. The van der Waals surface area contributed by atoms with Gasteiger partial charge in [-0.1, -0.05) is 0 Å². The van der Waals surface area contributed by atoms with Crippen LogP contribution < -0.4 is 33.6 Å². The summed E-state index contributed by atoms with van der Waals surface area (Å²) in [4.78, 5) is 4.88. The van der Waals surface area contributed by atoms with Gasteiger partial charge in [0.1, 0.15) is 0 Å². The predicted octanol–water partition coefficient (Wildman–Crippen LogP) is -1.06. The zero-order valence-corrected chi connectivity index (χ0v) is 19.1. The second-order valence-electron chi connectivity index (χ2n) is 8.86. The Hall–Kier alpha value is -0.320. The normalized spacial score (nSPS) is 13.1. The largest absolute Gasteiger partial charge is 0.330 e. The van der Waals surface area contributed by atoms with Crippen molar-refractivity contribution in [2.45, 2.75) is 51.6 Å². The van der Waals surface area contributed by atoms with E-state index in [0.717, 1.165) is 65.2 Å². The number of hydrogen-bond donors (Lipinski definition) is 6. The lowest BCUT2D eigenvalue weighted by Crippen LogP contribution is -2.51. The fourth-order valence-corrected chi connectivity index (χ4v) is 3.42. The van der Waals surface area contributed by atoms with Crippen LogP contribution in [0.3, 0.4) is 0 Å². The molecule has 10 N–H and O–H groups in total. The Labute approximate surface area is 174 Å². The van der Waals surface area contributed by atoms with Crippen LogP contribution in [0.5, 0.6) is 0 Å². The first-order valence-electron chi connectivity index (χ1n) is 11.0. The molecule has 0 atom stereocenters. The lowest BCUT2D eigenvalue weighted by molar-refractivity contribution is 0.104. The summed E-state index contributed by atoms with van der Waals surface area (Å²) in [7, 11) is 0. The highest BCUT2D eigenvalue weighted by Crippen LogP contribution is 2.20. The number of hydrogen-bond acceptors (Lipinski definition) is 8. The molecule has 28 heavy (non-hydrogen) atoms. The molecule has 0 spiro atoms. The topological polar surface area (TPSA) is 135 Å². The van der Waals surface area contributed by atoms with Crippen LogP contribution in [0, 0.1) is 0 Å². The quantitative estimate of drug-likeness (QED) is 0.151. The van der Waals surface area contributed by atoms with Crippen LogP contribution in [0.4, 0.5) is 0 Å². The lowest BCUT2D eigenvalue weighted by atomic mass is 9.94. The van der Waals surface area contributed by atoms with Gasteiger partial charge in [-0.3, -0.25) is 9.80 Å². The van der Waals surface area contributed by atoms with Crippen molar-refractivity contribution in [1.29, 1.82) is 0 Å². The van der Waals surface area contributed by atoms with E-state index in [1.54, 1.807) is 0 Å². The van der Waals surface area contributed by atoms with Gasteiger partial charge in [-0.25, -0.2) is 0 Å². The maximum absolute atomic E-state index is 5.85. The van der Waals surface area contributed by atoms with Crippen LogP contribution in [-0.2, 0) is 0 Å². The second kappa shape index (κ2) is 15.5. The van der Waals surface area contributed by atoms with Crippen LogP contribution in [0.15, 0.2) is 0 Å². The zero-order valence-electron chi connectivity index (χ0n) is 19.1. The van der Waals surface area contributed by atoms with Gasteiger partial charge in [-0.2, -0.15) is 0 Å². The van der Waals surface area contributed by atoms with Crippen molar-refractivity contribution >= 4 is 0 Å². The molecule has 170 valence electrons. The molecule has 0 aliphatic rings. The van der Waals surface area contributed by atoms with E-state index in [1.807, 2.05) is 0 Å². The second-order valence-corrected chi connectivity index (χ2v) is 8.86. The van der Waals surface area contributed by atoms with Gasteiger partial charge in [0.05, 0.1) is 0 Å². The lowest BCUT2D eigenvalue weighted by Gasteiger charge is -2.40. The van der Waals surface area contributed by atoms with E-state index in [0.29, 0.717) is 26.2 Å². The summed E-state index contributed by atoms with van der Waals surface area (Å²) in [5.74, 6) is 0. The summed E-state index contributed by atoms with van der Waals surface area (Å²) in [5.41, 5.74) is 23.1. The Bertz CT molecular complexity index is 362. The molecule has 0 aliphatic carbocycles. The van der Waals surface area contributed by atoms with Crippen molar-refractivity contribution in [1.82, 2.24) is 20.4 Å². The van der Waals surface area contributed by atoms with Gasteiger partial charge < -0.3 is 33.6 Å². The molecule has 0 heterocycles. The van der Waals surface area contributed by atoms with Crippen molar-refractivity contribution in [3.8, 4) is 0 Å². The van der Waals surface area contributed by atoms with E-state index >= 15 is 0 Å². The van der Waals surface area contributed by atoms with E-state index in [4.69, 9.17) is 22.9 Å². The summed E-state index contributed by atoms with van der Waals surface area (Å²) < 4.78 is 0. The molecular weight excluding hydrogens is 352 g/mol. The van der Waals surface area contributed by atoms with Gasteiger partial charge in [0, 0.05) is 83.1 Å². The van der Waals surface area contributed by atoms with Crippen molar-refractivity contribution in [3.63, 3.8) is 0 Å². The molecule has 0 aromatic rings. The van der Waals surface area contributed by atoms with Crippen LogP contribution in [0.25, 0.3) is 0 Å². The molecule has 0 unspecified atom stereocenters. The third-order valence-electron chi connectivity index (χ3n) is 5.42. The molecule has 0 aromatic heterocycles. The molecule has 0 aliphatic heterocycles. The molecule has 0 rings (SSSR count). The molecule has 0 amide bonds. The van der Waals surface area contributed by atoms with Crippen molar-refractivity contribution in [3.05, 3.63) is 0 Å². The van der Waals surface area contributed by atoms with Gasteiger partial charge >= 0.3 is 0 Å². The first kappa shape index (κ1) is 27.7. The number of nitrogens with zero attached hydrogens (tertiary/aromatic N) is 2. The van der Waals surface area contributed by atoms with Crippen LogP contribution in [0.2, 0.25) is 0 Å². The van der Waals surface area contributed by atoms with E-state index in [1.165, 1.54) is 0 Å². The fourth-order valence-electron chi connectivity index (χ4n) is 3.42. The van der Waals surface area contributed by atoms with Gasteiger partial charge in [-0.15, -0.1) is 0 Å². The Kier molecular flexibility index (Phi) is 15.3. The molecule has 0 saturated carbocycles. The van der Waals surface area contributed by atoms with Crippen LogP contribution >= 0.6 is 0 Å². The highest BCUT2D eigenvalue weighted by Gasteiger charge is 2.27. The Morgan fingerprint density at radius 2 is 1.29 bits per heavy atom. The van der Waals surface area contributed by atoms with Gasteiger partial charge in [0.2, 0.25) is 0 Å². The first-order valence-corrected chi connectivity index (χ1v) is 11.0. The number of rotatable bonds is 19. The number of nitrogens with one attached hydrogen (secondary N) is 2. The van der Waals surface area contributed by atoms with Crippen molar-refractivity contribution in [2.75, 3.05) is 78.5 Å². The van der Waals surface area contributed by atoms with E-state index in [-0.39, 0.29) is 11.1 Å². The standard InChI is InChI=1S/C20H50N8/c1-19(2,6-14-28(16-10-24)20(3,4)5-7-21)26-13-18-27(15-9-23)17-12-25-11-8-22/h25-26H,5-18,21-24H2,1-4H3. The third-order valence-corrected chi connectivity index (χ3v) is 5.42. The molecule has 0 fully saturated rings.